The van der Waals surface area contributed by atoms with Gasteiger partial charge in [-0.2, -0.15) is 4.31 Å². The molecule has 1 N–H and O–H groups in total. The van der Waals surface area contributed by atoms with Crippen molar-refractivity contribution in [3.05, 3.63) is 53.5 Å². The van der Waals surface area contributed by atoms with E-state index < -0.39 is 10.0 Å². The maximum atomic E-state index is 12.7. The Morgan fingerprint density at radius 2 is 1.73 bits per heavy atom. The van der Waals surface area contributed by atoms with Crippen LogP contribution in [0.3, 0.4) is 0 Å². The zero-order valence-electron chi connectivity index (χ0n) is 14.9. The van der Waals surface area contributed by atoms with Gasteiger partial charge in [-0.15, -0.1) is 0 Å². The highest BCUT2D eigenvalue weighted by molar-refractivity contribution is 7.89. The summed E-state index contributed by atoms with van der Waals surface area (Å²) in [6, 6.07) is 9.97. The quantitative estimate of drug-likeness (QED) is 0.853. The van der Waals surface area contributed by atoms with Crippen molar-refractivity contribution in [1.29, 1.82) is 0 Å². The van der Waals surface area contributed by atoms with Gasteiger partial charge in [-0.3, -0.25) is 4.79 Å². The summed E-state index contributed by atoms with van der Waals surface area (Å²) in [4.78, 5) is 14.4. The van der Waals surface area contributed by atoms with Crippen LogP contribution in [0, 0.1) is 6.92 Å². The number of likely N-dealkylation sites (N-methyl/N-ethyl adjacent to an activating group) is 1. The number of carbonyl (C=O) groups is 1. The van der Waals surface area contributed by atoms with Crippen molar-refractivity contribution in [3.8, 4) is 0 Å². The fraction of sp³-hybridized carbons (Fsp3) is 0.389. The minimum Gasteiger partial charge on any atom is -0.456 e. The van der Waals surface area contributed by atoms with Crippen LogP contribution in [0.5, 0.6) is 0 Å². The SMILES string of the molecule is Cc1ccc(C(=O)NCc2ccc(S(=O)(=O)N3CCN(C)CC3)cc2)o1. The molecule has 1 aromatic heterocycles. The highest BCUT2D eigenvalue weighted by Gasteiger charge is 2.27. The molecular weight excluding hydrogens is 354 g/mol. The van der Waals surface area contributed by atoms with E-state index in [0.29, 0.717) is 25.4 Å². The summed E-state index contributed by atoms with van der Waals surface area (Å²) in [5.41, 5.74) is 0.818. The lowest BCUT2D eigenvalue weighted by atomic mass is 10.2. The van der Waals surface area contributed by atoms with Gasteiger partial charge in [0, 0.05) is 32.7 Å². The molecule has 26 heavy (non-hydrogen) atoms. The molecule has 0 unspecified atom stereocenters. The highest BCUT2D eigenvalue weighted by atomic mass is 32.2. The lowest BCUT2D eigenvalue weighted by molar-refractivity contribution is 0.0922. The topological polar surface area (TPSA) is 82.9 Å². The molecule has 1 saturated heterocycles. The Balaban J connectivity index is 1.62. The minimum absolute atomic E-state index is 0.261. The van der Waals surface area contributed by atoms with Crippen molar-refractivity contribution in [3.63, 3.8) is 0 Å². The van der Waals surface area contributed by atoms with Gasteiger partial charge >= 0.3 is 0 Å². The second kappa shape index (κ2) is 7.61. The van der Waals surface area contributed by atoms with Gasteiger partial charge in [-0.05, 0) is 43.8 Å². The third-order valence-electron chi connectivity index (χ3n) is 4.44. The van der Waals surface area contributed by atoms with E-state index in [1.165, 1.54) is 4.31 Å². The number of amides is 1. The van der Waals surface area contributed by atoms with Crippen LogP contribution >= 0.6 is 0 Å². The lowest BCUT2D eigenvalue weighted by Gasteiger charge is -2.31. The van der Waals surface area contributed by atoms with Gasteiger partial charge in [-0.1, -0.05) is 12.1 Å². The third kappa shape index (κ3) is 4.14. The van der Waals surface area contributed by atoms with E-state index in [-0.39, 0.29) is 16.6 Å². The highest BCUT2D eigenvalue weighted by Crippen LogP contribution is 2.18. The standard InChI is InChI=1S/C18H23N3O4S/c1-14-3-8-17(25-14)18(22)19-13-15-4-6-16(7-5-15)26(23,24)21-11-9-20(2)10-12-21/h3-8H,9-13H2,1-2H3,(H,19,22). The van der Waals surface area contributed by atoms with Crippen molar-refractivity contribution in [2.45, 2.75) is 18.4 Å². The molecule has 1 aromatic carbocycles. The summed E-state index contributed by atoms with van der Waals surface area (Å²) in [5, 5.41) is 2.76. The number of rotatable bonds is 5. The Morgan fingerprint density at radius 1 is 1.08 bits per heavy atom. The van der Waals surface area contributed by atoms with Crippen LogP contribution in [0.25, 0.3) is 0 Å². The summed E-state index contributed by atoms with van der Waals surface area (Å²) in [6.45, 7) is 4.54. The van der Waals surface area contributed by atoms with Crippen molar-refractivity contribution in [2.75, 3.05) is 33.2 Å². The van der Waals surface area contributed by atoms with Crippen molar-refractivity contribution < 1.29 is 17.6 Å². The summed E-state index contributed by atoms with van der Waals surface area (Å²) in [7, 11) is -1.49. The molecule has 0 spiro atoms. The second-order valence-corrected chi connectivity index (χ2v) is 8.38. The molecule has 2 aromatic rings. The van der Waals surface area contributed by atoms with Crippen molar-refractivity contribution in [2.24, 2.45) is 0 Å². The number of hydrogen-bond donors (Lipinski definition) is 1. The van der Waals surface area contributed by atoms with Gasteiger partial charge in [0.1, 0.15) is 5.76 Å². The van der Waals surface area contributed by atoms with Crippen LogP contribution in [-0.2, 0) is 16.6 Å². The average molecular weight is 377 g/mol. The molecule has 0 bridgehead atoms. The van der Waals surface area contributed by atoms with Crippen LogP contribution in [0.4, 0.5) is 0 Å². The van der Waals surface area contributed by atoms with Gasteiger partial charge in [0.05, 0.1) is 4.90 Å². The molecular formula is C18H23N3O4S. The molecule has 2 heterocycles. The average Bonchev–Trinajstić information content (AvgIpc) is 3.07. The monoisotopic (exact) mass is 377 g/mol. The Kier molecular flexibility index (Phi) is 5.45. The predicted molar refractivity (Wildman–Crippen MR) is 97.3 cm³/mol. The maximum Gasteiger partial charge on any atom is 0.287 e. The van der Waals surface area contributed by atoms with E-state index in [2.05, 4.69) is 10.2 Å². The van der Waals surface area contributed by atoms with E-state index in [1.807, 2.05) is 7.05 Å². The van der Waals surface area contributed by atoms with Gasteiger partial charge in [-0.25, -0.2) is 8.42 Å². The number of furan rings is 1. The molecule has 0 radical (unpaired) electrons. The fourth-order valence-corrected chi connectivity index (χ4v) is 4.20. The van der Waals surface area contributed by atoms with E-state index in [1.54, 1.807) is 43.3 Å². The molecule has 7 nitrogen and oxygen atoms in total. The normalized spacial score (nSPS) is 16.5. The Hall–Kier alpha value is -2.16. The Morgan fingerprint density at radius 3 is 2.31 bits per heavy atom. The van der Waals surface area contributed by atoms with Crippen LogP contribution in [0.15, 0.2) is 45.7 Å². The van der Waals surface area contributed by atoms with E-state index in [4.69, 9.17) is 4.42 Å². The Bertz CT molecular complexity index is 866. The fourth-order valence-electron chi connectivity index (χ4n) is 2.78. The summed E-state index contributed by atoms with van der Waals surface area (Å²) >= 11 is 0. The molecule has 1 amide bonds. The number of sulfonamides is 1. The number of aryl methyl sites for hydroxylation is 1. The molecule has 140 valence electrons. The van der Waals surface area contributed by atoms with E-state index in [0.717, 1.165) is 18.7 Å². The first-order chi connectivity index (χ1) is 12.4. The number of hydrogen-bond acceptors (Lipinski definition) is 5. The van der Waals surface area contributed by atoms with Gasteiger partial charge in [0.25, 0.3) is 5.91 Å². The molecule has 1 aliphatic heterocycles. The van der Waals surface area contributed by atoms with Gasteiger partial charge in [0.15, 0.2) is 5.76 Å². The number of carbonyl (C=O) groups excluding carboxylic acids is 1. The molecule has 0 aliphatic carbocycles. The first-order valence-corrected chi connectivity index (χ1v) is 9.92. The maximum absolute atomic E-state index is 12.7. The van der Waals surface area contributed by atoms with E-state index >= 15 is 0 Å². The number of nitrogens with zero attached hydrogens (tertiary/aromatic N) is 2. The first kappa shape index (κ1) is 18.6. The minimum atomic E-state index is -3.47. The largest absolute Gasteiger partial charge is 0.456 e. The number of nitrogens with one attached hydrogen (secondary N) is 1. The predicted octanol–water partition coefficient (Wildman–Crippen LogP) is 1.45. The van der Waals surface area contributed by atoms with Crippen molar-refractivity contribution in [1.82, 2.24) is 14.5 Å². The molecule has 0 saturated carbocycles. The smallest absolute Gasteiger partial charge is 0.287 e. The molecule has 8 heteroatoms. The van der Waals surface area contributed by atoms with Crippen LogP contribution in [-0.4, -0.2) is 56.8 Å². The molecule has 3 rings (SSSR count). The Labute approximate surface area is 153 Å². The van der Waals surface area contributed by atoms with Crippen LogP contribution in [0.1, 0.15) is 21.9 Å². The molecule has 1 fully saturated rings. The summed E-state index contributed by atoms with van der Waals surface area (Å²) < 4.78 is 32.2. The lowest BCUT2D eigenvalue weighted by Crippen LogP contribution is -2.47. The van der Waals surface area contributed by atoms with Gasteiger partial charge in [0.2, 0.25) is 10.0 Å². The number of piperazine rings is 1. The summed E-state index contributed by atoms with van der Waals surface area (Å²) in [6.07, 6.45) is 0. The van der Waals surface area contributed by atoms with Crippen LogP contribution in [0.2, 0.25) is 0 Å². The summed E-state index contributed by atoms with van der Waals surface area (Å²) in [5.74, 6) is 0.637. The zero-order chi connectivity index (χ0) is 18.7. The first-order valence-electron chi connectivity index (χ1n) is 8.48. The van der Waals surface area contributed by atoms with Crippen molar-refractivity contribution >= 4 is 15.9 Å². The zero-order valence-corrected chi connectivity index (χ0v) is 15.8. The van der Waals surface area contributed by atoms with Gasteiger partial charge < -0.3 is 14.6 Å². The van der Waals surface area contributed by atoms with Crippen LogP contribution < -0.4 is 5.32 Å². The van der Waals surface area contributed by atoms with E-state index in [9.17, 15) is 13.2 Å². The number of benzene rings is 1. The molecule has 1 aliphatic rings. The molecule has 0 atom stereocenters. The second-order valence-electron chi connectivity index (χ2n) is 6.44. The third-order valence-corrected chi connectivity index (χ3v) is 6.35.